The van der Waals surface area contributed by atoms with Crippen LogP contribution in [0.1, 0.15) is 50.2 Å². The Hall–Kier alpha value is -2.69. The summed E-state index contributed by atoms with van der Waals surface area (Å²) >= 11 is 0. The van der Waals surface area contributed by atoms with Gasteiger partial charge in [-0.25, -0.2) is 4.39 Å². The third-order valence-electron chi connectivity index (χ3n) is 5.61. The highest BCUT2D eigenvalue weighted by atomic mass is 19.1. The average molecular weight is 397 g/mol. The van der Waals surface area contributed by atoms with Gasteiger partial charge in [0.2, 0.25) is 11.8 Å². The Kier molecular flexibility index (Phi) is 7.39. The highest BCUT2D eigenvalue weighted by Crippen LogP contribution is 2.19. The van der Waals surface area contributed by atoms with E-state index in [4.69, 9.17) is 0 Å². The van der Waals surface area contributed by atoms with Gasteiger partial charge in [-0.15, -0.1) is 0 Å². The van der Waals surface area contributed by atoms with E-state index in [1.807, 2.05) is 30.3 Å². The van der Waals surface area contributed by atoms with Crippen molar-refractivity contribution in [2.45, 2.75) is 64.1 Å². The molecular weight excluding hydrogens is 367 g/mol. The molecule has 1 aliphatic rings. The molecule has 1 saturated carbocycles. The molecule has 3 rings (SSSR count). The van der Waals surface area contributed by atoms with Gasteiger partial charge in [0.15, 0.2) is 0 Å². The predicted molar refractivity (Wildman–Crippen MR) is 112 cm³/mol. The molecule has 1 aliphatic carbocycles. The van der Waals surface area contributed by atoms with Crippen molar-refractivity contribution in [1.82, 2.24) is 10.2 Å². The molecule has 2 aromatic carbocycles. The lowest BCUT2D eigenvalue weighted by Crippen LogP contribution is -2.50. The second kappa shape index (κ2) is 10.2. The number of hydrogen-bond acceptors (Lipinski definition) is 2. The van der Waals surface area contributed by atoms with Gasteiger partial charge in [0, 0.05) is 12.6 Å². The van der Waals surface area contributed by atoms with E-state index in [1.165, 1.54) is 12.5 Å². The number of hydrogen-bond donors (Lipinski definition) is 1. The number of nitrogens with zero attached hydrogens (tertiary/aromatic N) is 1. The van der Waals surface area contributed by atoms with Gasteiger partial charge >= 0.3 is 0 Å². The van der Waals surface area contributed by atoms with Gasteiger partial charge in [0.05, 0.1) is 6.42 Å². The number of halogens is 1. The predicted octanol–water partition coefficient (Wildman–Crippen LogP) is 4.23. The lowest BCUT2D eigenvalue weighted by Gasteiger charge is -2.31. The summed E-state index contributed by atoms with van der Waals surface area (Å²) in [5, 5.41) is 3.11. The summed E-state index contributed by atoms with van der Waals surface area (Å²) in [6.07, 6.45) is 5.36. The van der Waals surface area contributed by atoms with Crippen LogP contribution in [-0.2, 0) is 22.6 Å². The quantitative estimate of drug-likeness (QED) is 0.761. The van der Waals surface area contributed by atoms with E-state index in [0.717, 1.165) is 31.2 Å². The molecule has 154 valence electrons. The van der Waals surface area contributed by atoms with Crippen molar-refractivity contribution in [2.75, 3.05) is 0 Å². The van der Waals surface area contributed by atoms with Crippen LogP contribution < -0.4 is 5.32 Å². The average Bonchev–Trinajstić information content (AvgIpc) is 2.74. The zero-order chi connectivity index (χ0) is 20.6. The highest BCUT2D eigenvalue weighted by Gasteiger charge is 2.28. The van der Waals surface area contributed by atoms with Crippen LogP contribution in [0.2, 0.25) is 0 Å². The molecule has 1 N–H and O–H groups in total. The Balaban J connectivity index is 1.75. The molecule has 0 aromatic heterocycles. The maximum atomic E-state index is 14.1. The maximum absolute atomic E-state index is 14.1. The van der Waals surface area contributed by atoms with E-state index in [1.54, 1.807) is 30.0 Å². The number of rotatable bonds is 7. The standard InChI is InChI=1S/C24H29FN2O2/c1-18(24(29)26-21-13-6-3-7-14-21)27(17-19-10-4-2-5-11-19)23(28)16-20-12-8-9-15-22(20)25/h2,4-5,8-12,15,18,21H,3,6-7,13-14,16-17H2,1H3,(H,26,29)/t18-/m0/s1. The number of nitrogens with one attached hydrogen (secondary N) is 1. The minimum absolute atomic E-state index is 0.0689. The van der Waals surface area contributed by atoms with Crippen LogP contribution in [0.15, 0.2) is 54.6 Å². The molecule has 0 aliphatic heterocycles. The molecule has 0 spiro atoms. The third kappa shape index (κ3) is 5.89. The minimum atomic E-state index is -0.628. The van der Waals surface area contributed by atoms with Crippen molar-refractivity contribution in [2.24, 2.45) is 0 Å². The monoisotopic (exact) mass is 396 g/mol. The molecule has 1 atom stereocenters. The largest absolute Gasteiger partial charge is 0.352 e. The van der Waals surface area contributed by atoms with Crippen LogP contribution in [0, 0.1) is 5.82 Å². The van der Waals surface area contributed by atoms with E-state index in [9.17, 15) is 14.0 Å². The van der Waals surface area contributed by atoms with Gasteiger partial charge in [-0.3, -0.25) is 9.59 Å². The molecule has 2 amide bonds. The van der Waals surface area contributed by atoms with Gasteiger partial charge in [0.25, 0.3) is 0 Å². The summed E-state index contributed by atoms with van der Waals surface area (Å²) in [5.74, 6) is -0.806. The molecule has 0 saturated heterocycles. The maximum Gasteiger partial charge on any atom is 0.242 e. The van der Waals surface area contributed by atoms with Gasteiger partial charge < -0.3 is 10.2 Å². The van der Waals surface area contributed by atoms with E-state index < -0.39 is 11.9 Å². The van der Waals surface area contributed by atoms with Crippen molar-refractivity contribution in [3.63, 3.8) is 0 Å². The number of benzene rings is 2. The Morgan fingerprint density at radius 3 is 2.38 bits per heavy atom. The molecule has 5 heteroatoms. The van der Waals surface area contributed by atoms with Crippen molar-refractivity contribution in [1.29, 1.82) is 0 Å². The van der Waals surface area contributed by atoms with E-state index in [-0.39, 0.29) is 24.3 Å². The van der Waals surface area contributed by atoms with Crippen LogP contribution >= 0.6 is 0 Å². The fourth-order valence-corrected chi connectivity index (χ4v) is 3.84. The number of carbonyl (C=O) groups is 2. The fraction of sp³-hybridized carbons (Fsp3) is 0.417. The lowest BCUT2D eigenvalue weighted by molar-refractivity contribution is -0.140. The van der Waals surface area contributed by atoms with Crippen LogP contribution in [0.5, 0.6) is 0 Å². The number of amides is 2. The smallest absolute Gasteiger partial charge is 0.242 e. The minimum Gasteiger partial charge on any atom is -0.352 e. The number of carbonyl (C=O) groups excluding carboxylic acids is 2. The molecular formula is C24H29FN2O2. The fourth-order valence-electron chi connectivity index (χ4n) is 3.84. The third-order valence-corrected chi connectivity index (χ3v) is 5.61. The first-order valence-corrected chi connectivity index (χ1v) is 10.4. The summed E-state index contributed by atoms with van der Waals surface area (Å²) in [7, 11) is 0. The molecule has 4 nitrogen and oxygen atoms in total. The lowest BCUT2D eigenvalue weighted by atomic mass is 9.95. The summed E-state index contributed by atoms with van der Waals surface area (Å²) in [6.45, 7) is 2.06. The van der Waals surface area contributed by atoms with Gasteiger partial charge in [-0.2, -0.15) is 0 Å². The van der Waals surface area contributed by atoms with E-state index in [0.29, 0.717) is 12.1 Å². The first kappa shape index (κ1) is 21.0. The Bertz CT molecular complexity index is 819. The molecule has 0 radical (unpaired) electrons. The molecule has 2 aromatic rings. The van der Waals surface area contributed by atoms with Gasteiger partial charge in [-0.1, -0.05) is 67.8 Å². The van der Waals surface area contributed by atoms with Crippen molar-refractivity contribution >= 4 is 11.8 Å². The molecule has 0 bridgehead atoms. The second-order valence-corrected chi connectivity index (χ2v) is 7.79. The van der Waals surface area contributed by atoms with E-state index >= 15 is 0 Å². The molecule has 1 fully saturated rings. The first-order chi connectivity index (χ1) is 14.0. The summed E-state index contributed by atoms with van der Waals surface area (Å²) in [6, 6.07) is 15.4. The summed E-state index contributed by atoms with van der Waals surface area (Å²) < 4.78 is 14.1. The Morgan fingerprint density at radius 1 is 1.03 bits per heavy atom. The second-order valence-electron chi connectivity index (χ2n) is 7.79. The van der Waals surface area contributed by atoms with Gasteiger partial charge in [-0.05, 0) is 37.0 Å². The van der Waals surface area contributed by atoms with Crippen LogP contribution in [-0.4, -0.2) is 28.8 Å². The highest BCUT2D eigenvalue weighted by molar-refractivity contribution is 5.88. The summed E-state index contributed by atoms with van der Waals surface area (Å²) in [4.78, 5) is 27.5. The van der Waals surface area contributed by atoms with Gasteiger partial charge in [0.1, 0.15) is 11.9 Å². The van der Waals surface area contributed by atoms with Crippen molar-refractivity contribution in [3.8, 4) is 0 Å². The zero-order valence-electron chi connectivity index (χ0n) is 16.9. The van der Waals surface area contributed by atoms with Crippen LogP contribution in [0.4, 0.5) is 4.39 Å². The van der Waals surface area contributed by atoms with E-state index in [2.05, 4.69) is 5.32 Å². The normalized spacial score (nSPS) is 15.5. The zero-order valence-corrected chi connectivity index (χ0v) is 16.9. The Morgan fingerprint density at radius 2 is 1.69 bits per heavy atom. The first-order valence-electron chi connectivity index (χ1n) is 10.4. The Labute approximate surface area is 172 Å². The molecule has 0 heterocycles. The summed E-state index contributed by atoms with van der Waals surface area (Å²) in [5.41, 5.74) is 1.28. The van der Waals surface area contributed by atoms with Crippen molar-refractivity contribution < 1.29 is 14.0 Å². The van der Waals surface area contributed by atoms with Crippen molar-refractivity contribution in [3.05, 3.63) is 71.5 Å². The molecule has 29 heavy (non-hydrogen) atoms. The topological polar surface area (TPSA) is 49.4 Å². The SMILES string of the molecule is C[C@@H](C(=O)NC1CCCCC1)N(Cc1ccccc1)C(=O)Cc1ccccc1F. The molecule has 0 unspecified atom stereocenters. The van der Waals surface area contributed by atoms with Crippen LogP contribution in [0.25, 0.3) is 0 Å². The van der Waals surface area contributed by atoms with Crippen LogP contribution in [0.3, 0.4) is 0 Å².